The van der Waals surface area contributed by atoms with Crippen LogP contribution in [0.3, 0.4) is 0 Å². The lowest BCUT2D eigenvalue weighted by molar-refractivity contribution is 0.911. The summed E-state index contributed by atoms with van der Waals surface area (Å²) in [6, 6.07) is 25.4. The highest BCUT2D eigenvalue weighted by molar-refractivity contribution is 9.10. The van der Waals surface area contributed by atoms with Crippen LogP contribution in [0.4, 0.5) is 0 Å². The average Bonchev–Trinajstić information content (AvgIpc) is 3.01. The van der Waals surface area contributed by atoms with Crippen LogP contribution in [-0.4, -0.2) is 9.13 Å². The molecule has 128 valence electrons. The molecule has 4 aromatic rings. The van der Waals surface area contributed by atoms with Gasteiger partial charge in [-0.2, -0.15) is 0 Å². The number of rotatable bonds is 3. The van der Waals surface area contributed by atoms with Crippen molar-refractivity contribution in [3.63, 3.8) is 0 Å². The fraction of sp³-hybridized carbons (Fsp3) is 0. The molecule has 4 rings (SSSR count). The van der Waals surface area contributed by atoms with Crippen molar-refractivity contribution in [1.82, 2.24) is 9.13 Å². The summed E-state index contributed by atoms with van der Waals surface area (Å²) in [5.74, 6) is 0. The van der Waals surface area contributed by atoms with E-state index in [1.807, 2.05) is 85.1 Å². The summed E-state index contributed by atoms with van der Waals surface area (Å²) in [7, 11) is 0. The zero-order valence-electron chi connectivity index (χ0n) is 13.6. The number of hydrogen-bond donors (Lipinski definition) is 0. The molecule has 0 radical (unpaired) electrons. The Bertz CT molecular complexity index is 1100. The monoisotopic (exact) mass is 468 g/mol. The molecule has 0 saturated carbocycles. The molecule has 3 nitrogen and oxygen atoms in total. The van der Waals surface area contributed by atoms with Gasteiger partial charge in [-0.3, -0.25) is 9.13 Å². The summed E-state index contributed by atoms with van der Waals surface area (Å²) in [6.07, 6.45) is 1.89. The third-order valence-electron chi connectivity index (χ3n) is 4.15. The number of hydrogen-bond acceptors (Lipinski definition) is 1. The lowest BCUT2D eigenvalue weighted by Gasteiger charge is -2.07. The molecule has 5 heteroatoms. The first-order valence-electron chi connectivity index (χ1n) is 8.05. The minimum absolute atomic E-state index is 0.103. The van der Waals surface area contributed by atoms with Gasteiger partial charge in [0.1, 0.15) is 0 Å². The Morgan fingerprint density at radius 1 is 0.654 bits per heavy atom. The molecule has 3 aromatic carbocycles. The van der Waals surface area contributed by atoms with E-state index in [1.165, 1.54) is 0 Å². The standard InChI is InChI=1S/C21H14Br2N2O/c22-16-6-10-18(11-7-16)24-14-20(15-4-2-1-3-5-15)25(21(24)26)19-12-8-17(23)9-13-19/h1-14H. The molecular formula is C21H14Br2N2O. The van der Waals surface area contributed by atoms with Gasteiger partial charge in [0.05, 0.1) is 17.1 Å². The predicted octanol–water partition coefficient (Wildman–Crippen LogP) is 5.82. The lowest BCUT2D eigenvalue weighted by Crippen LogP contribution is -2.22. The van der Waals surface area contributed by atoms with Crippen LogP contribution in [0, 0.1) is 0 Å². The molecule has 0 aliphatic carbocycles. The molecule has 0 amide bonds. The van der Waals surface area contributed by atoms with Gasteiger partial charge in [0.2, 0.25) is 0 Å². The van der Waals surface area contributed by atoms with Gasteiger partial charge >= 0.3 is 5.69 Å². The van der Waals surface area contributed by atoms with Crippen LogP contribution in [0.2, 0.25) is 0 Å². The number of nitrogens with zero attached hydrogens (tertiary/aromatic N) is 2. The number of imidazole rings is 1. The van der Waals surface area contributed by atoms with Crippen LogP contribution < -0.4 is 5.69 Å². The van der Waals surface area contributed by atoms with E-state index in [2.05, 4.69) is 31.9 Å². The molecule has 1 aromatic heterocycles. The molecule has 0 fully saturated rings. The fourth-order valence-electron chi connectivity index (χ4n) is 2.88. The Hall–Kier alpha value is -2.37. The van der Waals surface area contributed by atoms with E-state index in [0.717, 1.165) is 31.6 Å². The van der Waals surface area contributed by atoms with Crippen LogP contribution >= 0.6 is 31.9 Å². The van der Waals surface area contributed by atoms with E-state index >= 15 is 0 Å². The van der Waals surface area contributed by atoms with Crippen LogP contribution in [0.5, 0.6) is 0 Å². The van der Waals surface area contributed by atoms with Gasteiger partial charge in [-0.15, -0.1) is 0 Å². The average molecular weight is 470 g/mol. The van der Waals surface area contributed by atoms with Gasteiger partial charge < -0.3 is 0 Å². The van der Waals surface area contributed by atoms with E-state index in [-0.39, 0.29) is 5.69 Å². The highest BCUT2D eigenvalue weighted by Gasteiger charge is 2.15. The van der Waals surface area contributed by atoms with E-state index in [9.17, 15) is 4.79 Å². The van der Waals surface area contributed by atoms with Crippen LogP contribution in [0.25, 0.3) is 22.6 Å². The Kier molecular flexibility index (Phi) is 4.66. The van der Waals surface area contributed by atoms with Crippen molar-refractivity contribution in [3.05, 3.63) is 104 Å². The third-order valence-corrected chi connectivity index (χ3v) is 5.21. The molecule has 0 aliphatic heterocycles. The minimum Gasteiger partial charge on any atom is -0.267 e. The third kappa shape index (κ3) is 3.20. The second-order valence-electron chi connectivity index (χ2n) is 5.82. The van der Waals surface area contributed by atoms with Crippen molar-refractivity contribution in [1.29, 1.82) is 0 Å². The highest BCUT2D eigenvalue weighted by Crippen LogP contribution is 2.24. The van der Waals surface area contributed by atoms with Crippen molar-refractivity contribution in [2.45, 2.75) is 0 Å². The van der Waals surface area contributed by atoms with Crippen molar-refractivity contribution in [2.75, 3.05) is 0 Å². The molecule has 0 N–H and O–H groups in total. The molecular weight excluding hydrogens is 456 g/mol. The second kappa shape index (κ2) is 7.09. The Balaban J connectivity index is 1.97. The molecule has 26 heavy (non-hydrogen) atoms. The van der Waals surface area contributed by atoms with Crippen molar-refractivity contribution < 1.29 is 0 Å². The normalized spacial score (nSPS) is 10.8. The lowest BCUT2D eigenvalue weighted by atomic mass is 10.1. The minimum atomic E-state index is -0.103. The van der Waals surface area contributed by atoms with E-state index in [1.54, 1.807) is 9.13 Å². The van der Waals surface area contributed by atoms with Gasteiger partial charge in [-0.25, -0.2) is 4.79 Å². The summed E-state index contributed by atoms with van der Waals surface area (Å²) < 4.78 is 5.37. The SMILES string of the molecule is O=c1n(-c2ccc(Br)cc2)cc(-c2ccccc2)n1-c1ccc(Br)cc1. The van der Waals surface area contributed by atoms with Crippen molar-refractivity contribution >= 4 is 31.9 Å². The highest BCUT2D eigenvalue weighted by atomic mass is 79.9. The maximum Gasteiger partial charge on any atom is 0.337 e. The van der Waals surface area contributed by atoms with E-state index in [4.69, 9.17) is 0 Å². The zero-order chi connectivity index (χ0) is 18.1. The van der Waals surface area contributed by atoms with Gasteiger partial charge in [-0.1, -0.05) is 62.2 Å². The van der Waals surface area contributed by atoms with Crippen molar-refractivity contribution in [3.8, 4) is 22.6 Å². The summed E-state index contributed by atoms with van der Waals surface area (Å²) in [6.45, 7) is 0. The van der Waals surface area contributed by atoms with Crippen LogP contribution in [0.1, 0.15) is 0 Å². The van der Waals surface area contributed by atoms with Gasteiger partial charge in [0.15, 0.2) is 0 Å². The first-order chi connectivity index (χ1) is 12.6. The Morgan fingerprint density at radius 2 is 1.19 bits per heavy atom. The molecule has 0 atom stereocenters. The van der Waals surface area contributed by atoms with E-state index < -0.39 is 0 Å². The van der Waals surface area contributed by atoms with Crippen LogP contribution in [0.15, 0.2) is 98.8 Å². The topological polar surface area (TPSA) is 26.9 Å². The zero-order valence-corrected chi connectivity index (χ0v) is 16.8. The molecule has 1 heterocycles. The maximum absolute atomic E-state index is 13.2. The predicted molar refractivity (Wildman–Crippen MR) is 112 cm³/mol. The smallest absolute Gasteiger partial charge is 0.267 e. The molecule has 0 aliphatic rings. The molecule has 0 unspecified atom stereocenters. The summed E-state index contributed by atoms with van der Waals surface area (Å²) >= 11 is 6.89. The Labute approximate surface area is 167 Å². The van der Waals surface area contributed by atoms with Gasteiger partial charge in [0, 0.05) is 20.7 Å². The van der Waals surface area contributed by atoms with Gasteiger partial charge in [-0.05, 0) is 48.5 Å². The molecule has 0 saturated heterocycles. The fourth-order valence-corrected chi connectivity index (χ4v) is 3.41. The quantitative estimate of drug-likeness (QED) is 0.371. The largest absolute Gasteiger partial charge is 0.337 e. The van der Waals surface area contributed by atoms with Gasteiger partial charge in [0.25, 0.3) is 0 Å². The summed E-state index contributed by atoms with van der Waals surface area (Å²) in [5, 5.41) is 0. The van der Waals surface area contributed by atoms with Crippen molar-refractivity contribution in [2.24, 2.45) is 0 Å². The maximum atomic E-state index is 13.2. The number of benzene rings is 3. The number of halogens is 2. The first-order valence-corrected chi connectivity index (χ1v) is 9.64. The van der Waals surface area contributed by atoms with E-state index in [0.29, 0.717) is 0 Å². The Morgan fingerprint density at radius 3 is 1.77 bits per heavy atom. The summed E-state index contributed by atoms with van der Waals surface area (Å²) in [4.78, 5) is 13.2. The molecule has 0 bridgehead atoms. The first kappa shape index (κ1) is 17.1. The number of aromatic nitrogens is 2. The summed E-state index contributed by atoms with van der Waals surface area (Å²) in [5.41, 5.74) is 3.39. The second-order valence-corrected chi connectivity index (χ2v) is 7.65. The molecule has 0 spiro atoms. The van der Waals surface area contributed by atoms with Crippen LogP contribution in [-0.2, 0) is 0 Å².